The summed E-state index contributed by atoms with van der Waals surface area (Å²) >= 11 is 6.63. The van der Waals surface area contributed by atoms with Crippen LogP contribution in [0.15, 0.2) is 18.2 Å². The number of fused-ring (bicyclic) bond motifs is 1. The summed E-state index contributed by atoms with van der Waals surface area (Å²) in [5.41, 5.74) is 2.22. The summed E-state index contributed by atoms with van der Waals surface area (Å²) in [6, 6.07) is 6.32. The molecule has 2 heterocycles. The van der Waals surface area contributed by atoms with Crippen molar-refractivity contribution in [2.24, 2.45) is 0 Å². The largest absolute Gasteiger partial charge is 0.493 e. The molecule has 0 amide bonds. The molecule has 1 aromatic carbocycles. The minimum absolute atomic E-state index is 0.0766. The highest BCUT2D eigenvalue weighted by atomic mass is 35.5. The molecule has 98 valence electrons. The molecule has 2 unspecified atom stereocenters. The smallest absolute Gasteiger partial charge is 0.122 e. The molecular weight excluding hydrogens is 248 g/mol. The standard InChI is InChI=1S/C15H19ClO2/c1-15(7-3-9-18-15)14(16)12-5-6-13-11(10-12)4-2-8-17-13/h5-6,10,14H,2-4,7-9H2,1H3. The third kappa shape index (κ3) is 2.12. The molecule has 0 radical (unpaired) electrons. The van der Waals surface area contributed by atoms with Gasteiger partial charge in [-0.1, -0.05) is 12.1 Å². The first kappa shape index (κ1) is 12.3. The summed E-state index contributed by atoms with van der Waals surface area (Å²) in [6.45, 7) is 3.78. The number of hydrogen-bond acceptors (Lipinski definition) is 2. The Bertz CT molecular complexity index is 438. The quantitative estimate of drug-likeness (QED) is 0.757. The molecule has 0 spiro atoms. The predicted molar refractivity (Wildman–Crippen MR) is 72.4 cm³/mol. The topological polar surface area (TPSA) is 18.5 Å². The van der Waals surface area contributed by atoms with Gasteiger partial charge in [0.2, 0.25) is 0 Å². The van der Waals surface area contributed by atoms with E-state index >= 15 is 0 Å². The maximum atomic E-state index is 6.63. The van der Waals surface area contributed by atoms with E-state index < -0.39 is 0 Å². The van der Waals surface area contributed by atoms with E-state index in [9.17, 15) is 0 Å². The summed E-state index contributed by atoms with van der Waals surface area (Å²) in [4.78, 5) is 0. The summed E-state index contributed by atoms with van der Waals surface area (Å²) in [6.07, 6.45) is 4.32. The van der Waals surface area contributed by atoms with Crippen LogP contribution >= 0.6 is 11.6 Å². The van der Waals surface area contributed by atoms with Crippen LogP contribution in [-0.2, 0) is 11.2 Å². The third-order valence-electron chi connectivity index (χ3n) is 4.01. The second-order valence-electron chi connectivity index (χ2n) is 5.45. The first-order valence-corrected chi connectivity index (χ1v) is 7.16. The number of halogens is 1. The average molecular weight is 267 g/mol. The van der Waals surface area contributed by atoms with Crippen molar-refractivity contribution in [3.8, 4) is 5.75 Å². The van der Waals surface area contributed by atoms with Gasteiger partial charge >= 0.3 is 0 Å². The Kier molecular flexibility index (Phi) is 3.25. The van der Waals surface area contributed by atoms with E-state index in [0.29, 0.717) is 0 Å². The number of alkyl halides is 1. The van der Waals surface area contributed by atoms with Crippen molar-refractivity contribution in [2.75, 3.05) is 13.2 Å². The molecular formula is C15H19ClO2. The Morgan fingerprint density at radius 2 is 2.17 bits per heavy atom. The Morgan fingerprint density at radius 3 is 2.94 bits per heavy atom. The zero-order valence-electron chi connectivity index (χ0n) is 10.7. The van der Waals surface area contributed by atoms with E-state index in [1.165, 1.54) is 5.56 Å². The van der Waals surface area contributed by atoms with Gasteiger partial charge in [0.15, 0.2) is 0 Å². The predicted octanol–water partition coefficient (Wildman–Crippen LogP) is 3.86. The van der Waals surface area contributed by atoms with Gasteiger partial charge < -0.3 is 9.47 Å². The maximum Gasteiger partial charge on any atom is 0.122 e. The van der Waals surface area contributed by atoms with Crippen molar-refractivity contribution in [1.82, 2.24) is 0 Å². The van der Waals surface area contributed by atoms with Crippen molar-refractivity contribution < 1.29 is 9.47 Å². The molecule has 3 rings (SSSR count). The Labute approximate surface area is 113 Å². The van der Waals surface area contributed by atoms with Crippen LogP contribution in [0.5, 0.6) is 5.75 Å². The first-order chi connectivity index (χ1) is 8.69. The van der Waals surface area contributed by atoms with Gasteiger partial charge in [-0.05, 0) is 49.8 Å². The number of benzene rings is 1. The molecule has 0 aliphatic carbocycles. The molecule has 1 aromatic rings. The molecule has 0 aromatic heterocycles. The Balaban J connectivity index is 1.87. The maximum absolute atomic E-state index is 6.63. The minimum Gasteiger partial charge on any atom is -0.493 e. The first-order valence-electron chi connectivity index (χ1n) is 6.73. The molecule has 1 saturated heterocycles. The zero-order chi connectivity index (χ0) is 12.6. The molecule has 2 nitrogen and oxygen atoms in total. The van der Waals surface area contributed by atoms with E-state index in [2.05, 4.69) is 25.1 Å². The van der Waals surface area contributed by atoms with E-state index in [1.54, 1.807) is 0 Å². The summed E-state index contributed by atoms with van der Waals surface area (Å²) < 4.78 is 11.5. The van der Waals surface area contributed by atoms with Gasteiger partial charge in [-0.25, -0.2) is 0 Å². The van der Waals surface area contributed by atoms with Crippen LogP contribution < -0.4 is 4.74 Å². The van der Waals surface area contributed by atoms with E-state index in [1.807, 2.05) is 0 Å². The van der Waals surface area contributed by atoms with Crippen LogP contribution in [-0.4, -0.2) is 18.8 Å². The summed E-state index contributed by atoms with van der Waals surface area (Å²) in [5, 5.41) is -0.0766. The van der Waals surface area contributed by atoms with Gasteiger partial charge in [0.1, 0.15) is 5.75 Å². The highest BCUT2D eigenvalue weighted by Gasteiger charge is 2.38. The molecule has 2 atom stereocenters. The van der Waals surface area contributed by atoms with E-state index in [0.717, 1.165) is 50.2 Å². The van der Waals surface area contributed by atoms with Crippen molar-refractivity contribution in [2.45, 2.75) is 43.6 Å². The molecule has 0 bridgehead atoms. The van der Waals surface area contributed by atoms with Crippen LogP contribution in [0.3, 0.4) is 0 Å². The third-order valence-corrected chi connectivity index (χ3v) is 4.72. The number of ether oxygens (including phenoxy) is 2. The van der Waals surface area contributed by atoms with Crippen molar-refractivity contribution in [3.63, 3.8) is 0 Å². The number of rotatable bonds is 2. The van der Waals surface area contributed by atoms with Gasteiger partial charge in [-0.3, -0.25) is 0 Å². The Morgan fingerprint density at radius 1 is 1.28 bits per heavy atom. The van der Waals surface area contributed by atoms with Crippen LogP contribution in [0.2, 0.25) is 0 Å². The highest BCUT2D eigenvalue weighted by Crippen LogP contribution is 2.42. The van der Waals surface area contributed by atoms with Crippen LogP contribution in [0.4, 0.5) is 0 Å². The minimum atomic E-state index is -0.217. The van der Waals surface area contributed by atoms with Crippen LogP contribution in [0.25, 0.3) is 0 Å². The fourth-order valence-corrected chi connectivity index (χ4v) is 3.20. The van der Waals surface area contributed by atoms with Crippen molar-refractivity contribution in [3.05, 3.63) is 29.3 Å². The SMILES string of the molecule is CC1(C(Cl)c2ccc3c(c2)CCCO3)CCCO1. The van der Waals surface area contributed by atoms with Gasteiger partial charge in [0.05, 0.1) is 17.6 Å². The lowest BCUT2D eigenvalue weighted by atomic mass is 9.91. The Hall–Kier alpha value is -0.730. The molecule has 0 saturated carbocycles. The van der Waals surface area contributed by atoms with Gasteiger partial charge in [-0.15, -0.1) is 11.6 Å². The second kappa shape index (κ2) is 4.75. The lowest BCUT2D eigenvalue weighted by molar-refractivity contribution is 0.0164. The molecule has 2 aliphatic rings. The fourth-order valence-electron chi connectivity index (χ4n) is 2.89. The van der Waals surface area contributed by atoms with Gasteiger partial charge in [0.25, 0.3) is 0 Å². The lowest BCUT2D eigenvalue weighted by Gasteiger charge is -2.30. The number of hydrogen-bond donors (Lipinski definition) is 0. The van der Waals surface area contributed by atoms with Gasteiger partial charge in [0, 0.05) is 6.61 Å². The molecule has 1 fully saturated rings. The molecule has 3 heteroatoms. The van der Waals surface area contributed by atoms with Crippen LogP contribution in [0.1, 0.15) is 42.7 Å². The average Bonchev–Trinajstić information content (AvgIpc) is 2.85. The van der Waals surface area contributed by atoms with E-state index in [4.69, 9.17) is 21.1 Å². The molecule has 0 N–H and O–H groups in total. The highest BCUT2D eigenvalue weighted by molar-refractivity contribution is 6.21. The lowest BCUT2D eigenvalue weighted by Crippen LogP contribution is -2.29. The number of aryl methyl sites for hydroxylation is 1. The second-order valence-corrected chi connectivity index (χ2v) is 5.88. The zero-order valence-corrected chi connectivity index (χ0v) is 11.5. The van der Waals surface area contributed by atoms with Gasteiger partial charge in [-0.2, -0.15) is 0 Å². The van der Waals surface area contributed by atoms with E-state index in [-0.39, 0.29) is 11.0 Å². The molecule has 18 heavy (non-hydrogen) atoms. The summed E-state index contributed by atoms with van der Waals surface area (Å²) in [7, 11) is 0. The summed E-state index contributed by atoms with van der Waals surface area (Å²) in [5.74, 6) is 1.02. The molecule has 2 aliphatic heterocycles. The van der Waals surface area contributed by atoms with Crippen LogP contribution in [0, 0.1) is 0 Å². The van der Waals surface area contributed by atoms with Crippen molar-refractivity contribution >= 4 is 11.6 Å². The normalized spacial score (nSPS) is 28.6. The fraction of sp³-hybridized carbons (Fsp3) is 0.600. The van der Waals surface area contributed by atoms with Crippen molar-refractivity contribution in [1.29, 1.82) is 0 Å². The monoisotopic (exact) mass is 266 g/mol.